The summed E-state index contributed by atoms with van der Waals surface area (Å²) in [5.74, 6) is -0.0994. The highest BCUT2D eigenvalue weighted by Gasteiger charge is 2.40. The molecule has 0 bridgehead atoms. The highest BCUT2D eigenvalue weighted by molar-refractivity contribution is 5.97. The summed E-state index contributed by atoms with van der Waals surface area (Å²) in [4.78, 5) is 22.3. The lowest BCUT2D eigenvalue weighted by atomic mass is 9.90. The summed E-state index contributed by atoms with van der Waals surface area (Å²) in [6.07, 6.45) is 0.671. The Bertz CT molecular complexity index is 941. The standard InChI is InChI=1S/C24H31FN4O/c1-16-13-28(10-9-26-16)14-22(30)29-15-24(3,4)23-21(29)12-19(17(2)27-23)11-18-5-7-20(25)8-6-18/h5-8,12,16,26H,9-11,13-15H2,1-4H3/t16-/m1/s1. The SMILES string of the molecule is Cc1nc2c(cc1Cc1ccc(F)cc1)N(C(=O)CN1CCN[C@H](C)C1)CC2(C)C. The molecule has 0 saturated carbocycles. The number of aryl methyl sites for hydroxylation is 1. The third-order valence-electron chi connectivity index (χ3n) is 6.20. The van der Waals surface area contributed by atoms with Crippen LogP contribution in [0.4, 0.5) is 10.1 Å². The minimum absolute atomic E-state index is 0.134. The highest BCUT2D eigenvalue weighted by atomic mass is 19.1. The van der Waals surface area contributed by atoms with E-state index >= 15 is 0 Å². The van der Waals surface area contributed by atoms with Crippen molar-refractivity contribution < 1.29 is 9.18 Å². The quantitative estimate of drug-likeness (QED) is 0.842. The minimum atomic E-state index is -0.233. The van der Waals surface area contributed by atoms with E-state index in [9.17, 15) is 9.18 Å². The van der Waals surface area contributed by atoms with Crippen LogP contribution in [0.2, 0.25) is 0 Å². The number of aromatic nitrogens is 1. The molecule has 1 saturated heterocycles. The maximum atomic E-state index is 13.3. The maximum Gasteiger partial charge on any atom is 0.241 e. The van der Waals surface area contributed by atoms with Gasteiger partial charge < -0.3 is 10.2 Å². The molecule has 1 atom stereocenters. The van der Waals surface area contributed by atoms with Gasteiger partial charge in [-0.1, -0.05) is 26.0 Å². The van der Waals surface area contributed by atoms with Gasteiger partial charge in [0.25, 0.3) is 0 Å². The number of carbonyl (C=O) groups excluding carboxylic acids is 1. The van der Waals surface area contributed by atoms with Crippen molar-refractivity contribution >= 4 is 11.6 Å². The Balaban J connectivity index is 1.60. The fraction of sp³-hybridized carbons (Fsp3) is 0.500. The molecule has 3 heterocycles. The second-order valence-corrected chi connectivity index (χ2v) is 9.36. The molecule has 30 heavy (non-hydrogen) atoms. The van der Waals surface area contributed by atoms with Gasteiger partial charge in [-0.05, 0) is 49.6 Å². The zero-order chi connectivity index (χ0) is 21.5. The first-order valence-corrected chi connectivity index (χ1v) is 10.7. The lowest BCUT2D eigenvalue weighted by molar-refractivity contribution is -0.120. The van der Waals surface area contributed by atoms with Gasteiger partial charge in [0, 0.05) is 43.3 Å². The molecule has 1 aromatic heterocycles. The van der Waals surface area contributed by atoms with Gasteiger partial charge in [-0.25, -0.2) is 4.39 Å². The van der Waals surface area contributed by atoms with Crippen LogP contribution in [0.5, 0.6) is 0 Å². The van der Waals surface area contributed by atoms with Crippen molar-refractivity contribution in [3.05, 3.63) is 58.7 Å². The molecule has 0 spiro atoms. The molecule has 2 aliphatic heterocycles. The van der Waals surface area contributed by atoms with Gasteiger partial charge in [0.2, 0.25) is 5.91 Å². The smallest absolute Gasteiger partial charge is 0.241 e. The van der Waals surface area contributed by atoms with Crippen molar-refractivity contribution in [3.63, 3.8) is 0 Å². The molecule has 1 N–H and O–H groups in total. The summed E-state index contributed by atoms with van der Waals surface area (Å²) in [6.45, 7) is 12.2. The Morgan fingerprint density at radius 1 is 1.30 bits per heavy atom. The number of hydrogen-bond donors (Lipinski definition) is 1. The van der Waals surface area contributed by atoms with Crippen molar-refractivity contribution in [2.24, 2.45) is 0 Å². The van der Waals surface area contributed by atoms with E-state index in [0.717, 1.165) is 47.8 Å². The summed E-state index contributed by atoms with van der Waals surface area (Å²) in [5, 5.41) is 3.42. The van der Waals surface area contributed by atoms with Gasteiger partial charge in [-0.2, -0.15) is 0 Å². The molecule has 160 valence electrons. The van der Waals surface area contributed by atoms with Crippen molar-refractivity contribution in [2.75, 3.05) is 37.6 Å². The van der Waals surface area contributed by atoms with E-state index in [4.69, 9.17) is 4.98 Å². The van der Waals surface area contributed by atoms with E-state index in [1.165, 1.54) is 12.1 Å². The summed E-state index contributed by atoms with van der Waals surface area (Å²) in [5.41, 5.74) is 4.82. The van der Waals surface area contributed by atoms with Crippen molar-refractivity contribution in [3.8, 4) is 0 Å². The Morgan fingerprint density at radius 2 is 2.03 bits per heavy atom. The molecule has 1 fully saturated rings. The van der Waals surface area contributed by atoms with Crippen molar-refractivity contribution in [2.45, 2.75) is 45.6 Å². The number of pyridine rings is 1. The van der Waals surface area contributed by atoms with Crippen LogP contribution in [0.25, 0.3) is 0 Å². The fourth-order valence-corrected chi connectivity index (χ4v) is 4.55. The summed E-state index contributed by atoms with van der Waals surface area (Å²) >= 11 is 0. The second kappa shape index (κ2) is 8.08. The fourth-order valence-electron chi connectivity index (χ4n) is 4.55. The molecule has 5 nitrogen and oxygen atoms in total. The van der Waals surface area contributed by atoms with Gasteiger partial charge in [0.05, 0.1) is 17.9 Å². The topological polar surface area (TPSA) is 48.5 Å². The third-order valence-corrected chi connectivity index (χ3v) is 6.20. The summed E-state index contributed by atoms with van der Waals surface area (Å²) < 4.78 is 13.3. The number of anilines is 1. The normalized spacial score (nSPS) is 21.0. The molecular weight excluding hydrogens is 379 g/mol. The van der Waals surface area contributed by atoms with Gasteiger partial charge >= 0.3 is 0 Å². The van der Waals surface area contributed by atoms with Gasteiger partial charge in [-0.15, -0.1) is 0 Å². The van der Waals surface area contributed by atoms with Crippen LogP contribution in [0.3, 0.4) is 0 Å². The first-order chi connectivity index (χ1) is 14.2. The van der Waals surface area contributed by atoms with Crippen LogP contribution in [-0.2, 0) is 16.6 Å². The Kier molecular flexibility index (Phi) is 5.64. The van der Waals surface area contributed by atoms with Crippen LogP contribution in [0, 0.1) is 12.7 Å². The molecule has 4 rings (SSSR count). The lowest BCUT2D eigenvalue weighted by Crippen LogP contribution is -2.52. The van der Waals surface area contributed by atoms with Crippen LogP contribution >= 0.6 is 0 Å². The average molecular weight is 411 g/mol. The van der Waals surface area contributed by atoms with E-state index in [1.807, 2.05) is 11.8 Å². The molecular formula is C24H31FN4O. The molecule has 1 aromatic carbocycles. The third kappa shape index (κ3) is 4.25. The predicted octanol–water partition coefficient (Wildman–Crippen LogP) is 3.04. The largest absolute Gasteiger partial charge is 0.312 e. The van der Waals surface area contributed by atoms with Gasteiger partial charge in [-0.3, -0.25) is 14.7 Å². The number of hydrogen-bond acceptors (Lipinski definition) is 4. The van der Waals surface area contributed by atoms with E-state index in [-0.39, 0.29) is 17.1 Å². The average Bonchev–Trinajstić information content (AvgIpc) is 2.94. The molecule has 2 aromatic rings. The number of nitrogens with zero attached hydrogens (tertiary/aromatic N) is 3. The van der Waals surface area contributed by atoms with E-state index in [1.54, 1.807) is 12.1 Å². The zero-order valence-corrected chi connectivity index (χ0v) is 18.3. The Hall–Kier alpha value is -2.31. The van der Waals surface area contributed by atoms with Crippen LogP contribution < -0.4 is 10.2 Å². The number of halogens is 1. The van der Waals surface area contributed by atoms with Gasteiger partial charge in [0.15, 0.2) is 0 Å². The predicted molar refractivity (Wildman–Crippen MR) is 117 cm³/mol. The maximum absolute atomic E-state index is 13.3. The number of benzene rings is 1. The summed E-state index contributed by atoms with van der Waals surface area (Å²) in [6, 6.07) is 9.10. The van der Waals surface area contributed by atoms with Crippen LogP contribution in [-0.4, -0.2) is 54.6 Å². The molecule has 0 unspecified atom stereocenters. The number of nitrogens with one attached hydrogen (secondary N) is 1. The van der Waals surface area contributed by atoms with E-state index in [0.29, 0.717) is 25.6 Å². The molecule has 2 aliphatic rings. The zero-order valence-electron chi connectivity index (χ0n) is 18.3. The molecule has 0 radical (unpaired) electrons. The Labute approximate surface area is 178 Å². The van der Waals surface area contributed by atoms with Crippen LogP contribution in [0.1, 0.15) is 43.3 Å². The molecule has 1 amide bonds. The molecule has 0 aliphatic carbocycles. The first kappa shape index (κ1) is 20.9. The highest BCUT2D eigenvalue weighted by Crippen LogP contribution is 2.40. The first-order valence-electron chi connectivity index (χ1n) is 10.7. The number of rotatable bonds is 4. The van der Waals surface area contributed by atoms with Crippen LogP contribution in [0.15, 0.2) is 30.3 Å². The van der Waals surface area contributed by atoms with E-state index in [2.05, 4.69) is 37.1 Å². The van der Waals surface area contributed by atoms with Gasteiger partial charge in [0.1, 0.15) is 5.82 Å². The van der Waals surface area contributed by atoms with Crippen molar-refractivity contribution in [1.82, 2.24) is 15.2 Å². The lowest BCUT2D eigenvalue weighted by Gasteiger charge is -2.32. The number of piperazine rings is 1. The van der Waals surface area contributed by atoms with Crippen molar-refractivity contribution in [1.29, 1.82) is 0 Å². The number of carbonyl (C=O) groups is 1. The minimum Gasteiger partial charge on any atom is -0.312 e. The second-order valence-electron chi connectivity index (χ2n) is 9.36. The monoisotopic (exact) mass is 410 g/mol. The molecule has 6 heteroatoms. The summed E-state index contributed by atoms with van der Waals surface area (Å²) in [7, 11) is 0. The number of fused-ring (bicyclic) bond motifs is 1. The Morgan fingerprint density at radius 3 is 2.73 bits per heavy atom. The number of amides is 1. The van der Waals surface area contributed by atoms with E-state index < -0.39 is 0 Å².